The quantitative estimate of drug-likeness (QED) is 0.771. The molecule has 0 spiro atoms. The fourth-order valence-corrected chi connectivity index (χ4v) is 1.76. The minimum Gasteiger partial charge on any atom is -0.452 e. The van der Waals surface area contributed by atoms with Gasteiger partial charge in [0.1, 0.15) is 6.04 Å². The summed E-state index contributed by atoms with van der Waals surface area (Å²) in [6.07, 6.45) is 0. The fraction of sp³-hybridized carbons (Fsp3) is 0.438. The monoisotopic (exact) mass is 306 g/mol. The lowest BCUT2D eigenvalue weighted by Gasteiger charge is -2.13. The summed E-state index contributed by atoms with van der Waals surface area (Å²) in [6, 6.07) is 4.52. The van der Waals surface area contributed by atoms with Crippen molar-refractivity contribution in [3.05, 3.63) is 34.9 Å². The molecule has 6 nitrogen and oxygen atoms in total. The molecule has 22 heavy (non-hydrogen) atoms. The molecule has 0 saturated heterocycles. The Hall–Kier alpha value is -2.37. The second kappa shape index (κ2) is 8.17. The summed E-state index contributed by atoms with van der Waals surface area (Å²) in [6.45, 7) is 7.26. The third kappa shape index (κ3) is 5.20. The lowest BCUT2D eigenvalue weighted by molar-refractivity contribution is -0.130. The molecule has 0 aliphatic rings. The van der Waals surface area contributed by atoms with Gasteiger partial charge in [0.25, 0.3) is 5.91 Å². The second-order valence-electron chi connectivity index (χ2n) is 5.06. The van der Waals surface area contributed by atoms with Gasteiger partial charge < -0.3 is 15.4 Å². The van der Waals surface area contributed by atoms with Crippen LogP contribution in [-0.2, 0) is 14.3 Å². The summed E-state index contributed by atoms with van der Waals surface area (Å²) >= 11 is 0. The van der Waals surface area contributed by atoms with E-state index in [0.29, 0.717) is 12.1 Å². The maximum atomic E-state index is 11.9. The van der Waals surface area contributed by atoms with Crippen LogP contribution < -0.4 is 10.6 Å². The Bertz CT molecular complexity index is 569. The van der Waals surface area contributed by atoms with Gasteiger partial charge in [-0.3, -0.25) is 9.59 Å². The molecule has 1 rings (SSSR count). The Morgan fingerprint density at radius 3 is 2.45 bits per heavy atom. The Morgan fingerprint density at radius 2 is 1.86 bits per heavy atom. The van der Waals surface area contributed by atoms with Crippen molar-refractivity contribution < 1.29 is 19.1 Å². The van der Waals surface area contributed by atoms with Gasteiger partial charge >= 0.3 is 5.97 Å². The number of nitrogens with one attached hydrogen (secondary N) is 2. The molecular formula is C16H22N2O4. The highest BCUT2D eigenvalue weighted by Gasteiger charge is 2.16. The Balaban J connectivity index is 2.48. The molecule has 0 bridgehead atoms. The van der Waals surface area contributed by atoms with Crippen LogP contribution in [0.3, 0.4) is 0 Å². The van der Waals surface area contributed by atoms with Gasteiger partial charge in [-0.05, 0) is 51.0 Å². The molecule has 0 unspecified atom stereocenters. The molecule has 1 aromatic rings. The first-order valence-electron chi connectivity index (χ1n) is 7.16. The number of aryl methyl sites for hydroxylation is 2. The van der Waals surface area contributed by atoms with E-state index in [-0.39, 0.29) is 5.91 Å². The number of carbonyl (C=O) groups excluding carboxylic acids is 3. The average Bonchev–Trinajstić information content (AvgIpc) is 2.47. The summed E-state index contributed by atoms with van der Waals surface area (Å²) in [5.41, 5.74) is 2.45. The maximum absolute atomic E-state index is 11.9. The van der Waals surface area contributed by atoms with E-state index in [4.69, 9.17) is 4.74 Å². The number of likely N-dealkylation sites (N-methyl/N-ethyl adjacent to an activating group) is 1. The van der Waals surface area contributed by atoms with Crippen molar-refractivity contribution in [3.8, 4) is 0 Å². The number of amides is 2. The number of hydrogen-bond donors (Lipinski definition) is 2. The number of carbonyl (C=O) groups is 3. The van der Waals surface area contributed by atoms with Gasteiger partial charge in [0.15, 0.2) is 6.61 Å². The topological polar surface area (TPSA) is 84.5 Å². The molecule has 6 heteroatoms. The van der Waals surface area contributed by atoms with Crippen molar-refractivity contribution in [2.75, 3.05) is 13.2 Å². The summed E-state index contributed by atoms with van der Waals surface area (Å²) in [7, 11) is 0. The largest absolute Gasteiger partial charge is 0.452 e. The van der Waals surface area contributed by atoms with Gasteiger partial charge in [0.2, 0.25) is 5.91 Å². The van der Waals surface area contributed by atoms with Gasteiger partial charge in [0, 0.05) is 6.54 Å². The molecule has 1 atom stereocenters. The van der Waals surface area contributed by atoms with Gasteiger partial charge in [-0.15, -0.1) is 0 Å². The molecule has 0 fully saturated rings. The van der Waals surface area contributed by atoms with Crippen molar-refractivity contribution in [1.29, 1.82) is 0 Å². The summed E-state index contributed by atoms with van der Waals surface area (Å²) < 4.78 is 4.94. The molecule has 0 radical (unpaired) electrons. The highest BCUT2D eigenvalue weighted by atomic mass is 16.5. The molecule has 0 aromatic heterocycles. The smallest absolute Gasteiger partial charge is 0.338 e. The van der Waals surface area contributed by atoms with Crippen molar-refractivity contribution in [1.82, 2.24) is 10.6 Å². The van der Waals surface area contributed by atoms with Crippen LogP contribution in [-0.4, -0.2) is 37.0 Å². The van der Waals surface area contributed by atoms with Gasteiger partial charge in [0.05, 0.1) is 5.56 Å². The van der Waals surface area contributed by atoms with Crippen LogP contribution >= 0.6 is 0 Å². The van der Waals surface area contributed by atoms with Crippen molar-refractivity contribution in [2.45, 2.75) is 33.7 Å². The predicted octanol–water partition coefficient (Wildman–Crippen LogP) is 1.10. The van der Waals surface area contributed by atoms with E-state index in [2.05, 4.69) is 10.6 Å². The van der Waals surface area contributed by atoms with E-state index in [9.17, 15) is 14.4 Å². The molecule has 0 aliphatic heterocycles. The highest BCUT2D eigenvalue weighted by Crippen LogP contribution is 2.10. The Morgan fingerprint density at radius 1 is 1.18 bits per heavy atom. The van der Waals surface area contributed by atoms with Crippen molar-refractivity contribution in [2.24, 2.45) is 0 Å². The number of hydrogen-bond acceptors (Lipinski definition) is 4. The normalized spacial score (nSPS) is 11.5. The first-order valence-corrected chi connectivity index (χ1v) is 7.16. The highest BCUT2D eigenvalue weighted by molar-refractivity contribution is 5.92. The second-order valence-corrected chi connectivity index (χ2v) is 5.06. The number of esters is 1. The molecule has 2 amide bonds. The van der Waals surface area contributed by atoms with Crippen molar-refractivity contribution >= 4 is 17.8 Å². The molecule has 0 aliphatic carbocycles. The molecule has 120 valence electrons. The van der Waals surface area contributed by atoms with Crippen LogP contribution in [0.25, 0.3) is 0 Å². The molecule has 0 saturated carbocycles. The first-order chi connectivity index (χ1) is 10.3. The molecular weight excluding hydrogens is 284 g/mol. The molecule has 0 heterocycles. The zero-order valence-corrected chi connectivity index (χ0v) is 13.4. The van der Waals surface area contributed by atoms with E-state index in [1.54, 1.807) is 26.0 Å². The van der Waals surface area contributed by atoms with Crippen LogP contribution in [0.5, 0.6) is 0 Å². The third-order valence-electron chi connectivity index (χ3n) is 3.20. The lowest BCUT2D eigenvalue weighted by atomic mass is 10.1. The van der Waals surface area contributed by atoms with Gasteiger partial charge in [-0.1, -0.05) is 6.07 Å². The molecule has 1 aromatic carbocycles. The minimum atomic E-state index is -0.673. The Labute approximate surface area is 130 Å². The van der Waals surface area contributed by atoms with Crippen LogP contribution in [0.15, 0.2) is 18.2 Å². The lowest BCUT2D eigenvalue weighted by Crippen LogP contribution is -2.46. The van der Waals surface area contributed by atoms with Crippen LogP contribution in [0, 0.1) is 13.8 Å². The SMILES string of the molecule is CCNC(=O)[C@H](C)NC(=O)COC(=O)c1ccc(C)c(C)c1. The predicted molar refractivity (Wildman–Crippen MR) is 82.5 cm³/mol. The zero-order chi connectivity index (χ0) is 16.7. The van der Waals surface area contributed by atoms with E-state index < -0.39 is 24.5 Å². The van der Waals surface area contributed by atoms with Crippen LogP contribution in [0.4, 0.5) is 0 Å². The number of benzene rings is 1. The van der Waals surface area contributed by atoms with E-state index >= 15 is 0 Å². The molecule has 2 N–H and O–H groups in total. The fourth-order valence-electron chi connectivity index (χ4n) is 1.76. The standard InChI is InChI=1S/C16H22N2O4/c1-5-17-15(20)12(4)18-14(19)9-22-16(21)13-7-6-10(2)11(3)8-13/h6-8,12H,5,9H2,1-4H3,(H,17,20)(H,18,19)/t12-/m0/s1. The van der Waals surface area contributed by atoms with Crippen LogP contribution in [0.1, 0.15) is 35.3 Å². The maximum Gasteiger partial charge on any atom is 0.338 e. The zero-order valence-electron chi connectivity index (χ0n) is 13.4. The number of rotatable bonds is 6. The van der Waals surface area contributed by atoms with E-state index in [0.717, 1.165) is 11.1 Å². The van der Waals surface area contributed by atoms with E-state index in [1.165, 1.54) is 0 Å². The summed E-state index contributed by atoms with van der Waals surface area (Å²) in [5, 5.41) is 5.06. The third-order valence-corrected chi connectivity index (χ3v) is 3.20. The van der Waals surface area contributed by atoms with Crippen molar-refractivity contribution in [3.63, 3.8) is 0 Å². The van der Waals surface area contributed by atoms with Gasteiger partial charge in [-0.2, -0.15) is 0 Å². The van der Waals surface area contributed by atoms with E-state index in [1.807, 2.05) is 19.9 Å². The Kier molecular flexibility index (Phi) is 6.56. The van der Waals surface area contributed by atoms with Gasteiger partial charge in [-0.25, -0.2) is 4.79 Å². The summed E-state index contributed by atoms with van der Waals surface area (Å²) in [4.78, 5) is 35.0. The average molecular weight is 306 g/mol. The first kappa shape index (κ1) is 17.7. The van der Waals surface area contributed by atoms with Crippen LogP contribution in [0.2, 0.25) is 0 Å². The minimum absolute atomic E-state index is 0.281. The summed E-state index contributed by atoms with van der Waals surface area (Å²) in [5.74, 6) is -1.36. The number of ether oxygens (including phenoxy) is 1.